The second-order valence-corrected chi connectivity index (χ2v) is 4.37. The summed E-state index contributed by atoms with van der Waals surface area (Å²) in [6.45, 7) is 0. The number of hydrogen-bond acceptors (Lipinski definition) is 4. The second kappa shape index (κ2) is 3.99. The van der Waals surface area contributed by atoms with E-state index in [4.69, 9.17) is 5.11 Å². The standard InChI is InChI=1S/C8H6FNO5S/c9-6-2-5(8(12)13)4(3-11)1-7(6)16(10,14)15/h1-3H,(H,12,13)(H2,10,14,15). The molecule has 0 aromatic heterocycles. The first-order chi connectivity index (χ1) is 7.27. The molecule has 0 aliphatic rings. The van der Waals surface area contributed by atoms with E-state index in [0.717, 1.165) is 0 Å². The smallest absolute Gasteiger partial charge is 0.336 e. The van der Waals surface area contributed by atoms with E-state index in [1.807, 2.05) is 0 Å². The van der Waals surface area contributed by atoms with Gasteiger partial charge in [0.25, 0.3) is 0 Å². The number of carbonyl (C=O) groups is 2. The topological polar surface area (TPSA) is 115 Å². The molecule has 0 atom stereocenters. The molecular weight excluding hydrogens is 241 g/mol. The van der Waals surface area contributed by atoms with E-state index in [2.05, 4.69) is 5.14 Å². The molecule has 1 aromatic carbocycles. The Labute approximate surface area is 89.5 Å². The van der Waals surface area contributed by atoms with E-state index in [1.54, 1.807) is 0 Å². The average Bonchev–Trinajstić information content (AvgIpc) is 2.15. The first kappa shape index (κ1) is 12.3. The van der Waals surface area contributed by atoms with E-state index in [0.29, 0.717) is 12.1 Å². The van der Waals surface area contributed by atoms with Crippen molar-refractivity contribution in [2.75, 3.05) is 0 Å². The molecule has 8 heteroatoms. The van der Waals surface area contributed by atoms with Gasteiger partial charge in [0.05, 0.1) is 5.56 Å². The summed E-state index contributed by atoms with van der Waals surface area (Å²) in [5.41, 5.74) is -1.09. The summed E-state index contributed by atoms with van der Waals surface area (Å²) in [5, 5.41) is 13.3. The molecule has 0 amide bonds. The molecule has 0 saturated heterocycles. The molecule has 0 saturated carbocycles. The van der Waals surface area contributed by atoms with Crippen molar-refractivity contribution in [1.82, 2.24) is 0 Å². The molecular formula is C8H6FNO5S. The molecule has 0 aliphatic heterocycles. The quantitative estimate of drug-likeness (QED) is 0.728. The summed E-state index contributed by atoms with van der Waals surface area (Å²) in [4.78, 5) is 20.2. The van der Waals surface area contributed by atoms with Crippen molar-refractivity contribution >= 4 is 22.3 Å². The maximum atomic E-state index is 13.2. The highest BCUT2D eigenvalue weighted by atomic mass is 32.2. The SMILES string of the molecule is NS(=O)(=O)c1cc(C=O)c(C(=O)O)cc1F. The summed E-state index contributed by atoms with van der Waals surface area (Å²) in [5.74, 6) is -2.85. The number of aldehydes is 1. The molecule has 86 valence electrons. The first-order valence-corrected chi connectivity index (χ1v) is 5.37. The van der Waals surface area contributed by atoms with Crippen molar-refractivity contribution in [2.24, 2.45) is 5.14 Å². The molecule has 6 nitrogen and oxygen atoms in total. The van der Waals surface area contributed by atoms with Crippen LogP contribution in [0.4, 0.5) is 4.39 Å². The molecule has 0 spiro atoms. The molecule has 1 aromatic rings. The van der Waals surface area contributed by atoms with E-state index in [9.17, 15) is 22.4 Å². The van der Waals surface area contributed by atoms with Gasteiger partial charge in [-0.1, -0.05) is 0 Å². The number of carbonyl (C=O) groups excluding carboxylic acids is 1. The average molecular weight is 247 g/mol. The van der Waals surface area contributed by atoms with Crippen LogP contribution in [0.25, 0.3) is 0 Å². The highest BCUT2D eigenvalue weighted by Gasteiger charge is 2.20. The monoisotopic (exact) mass is 247 g/mol. The summed E-state index contributed by atoms with van der Waals surface area (Å²) in [7, 11) is -4.34. The van der Waals surface area contributed by atoms with Gasteiger partial charge in [0.2, 0.25) is 10.0 Å². The molecule has 0 fully saturated rings. The molecule has 0 bridgehead atoms. The lowest BCUT2D eigenvalue weighted by Gasteiger charge is -2.04. The fourth-order valence-corrected chi connectivity index (χ4v) is 1.69. The third kappa shape index (κ3) is 2.23. The molecule has 0 heterocycles. The lowest BCUT2D eigenvalue weighted by molar-refractivity contribution is 0.0693. The second-order valence-electron chi connectivity index (χ2n) is 2.84. The third-order valence-corrected chi connectivity index (χ3v) is 2.69. The Balaban J connectivity index is 3.62. The number of rotatable bonds is 3. The van der Waals surface area contributed by atoms with Crippen LogP contribution in [-0.2, 0) is 10.0 Å². The number of aromatic carboxylic acids is 1. The zero-order chi connectivity index (χ0) is 12.5. The zero-order valence-electron chi connectivity index (χ0n) is 7.68. The Bertz CT molecular complexity index is 566. The van der Waals surface area contributed by atoms with Crippen LogP contribution < -0.4 is 5.14 Å². The van der Waals surface area contributed by atoms with Crippen molar-refractivity contribution in [3.05, 3.63) is 29.1 Å². The van der Waals surface area contributed by atoms with Crippen LogP contribution in [0.2, 0.25) is 0 Å². The van der Waals surface area contributed by atoms with Gasteiger partial charge in [-0.2, -0.15) is 0 Å². The number of halogens is 1. The Morgan fingerprint density at radius 2 is 2.00 bits per heavy atom. The van der Waals surface area contributed by atoms with E-state index in [-0.39, 0.29) is 6.29 Å². The molecule has 3 N–H and O–H groups in total. The van der Waals surface area contributed by atoms with Gasteiger partial charge in [0.15, 0.2) is 6.29 Å². The van der Waals surface area contributed by atoms with E-state index < -0.39 is 37.8 Å². The normalized spacial score (nSPS) is 11.1. The van der Waals surface area contributed by atoms with Gasteiger partial charge in [0.1, 0.15) is 10.7 Å². The third-order valence-electron chi connectivity index (χ3n) is 1.77. The number of benzene rings is 1. The van der Waals surface area contributed by atoms with Gasteiger partial charge in [-0.15, -0.1) is 0 Å². The predicted molar refractivity (Wildman–Crippen MR) is 50.1 cm³/mol. The molecule has 1 rings (SSSR count). The van der Waals surface area contributed by atoms with Crippen LogP contribution in [0.15, 0.2) is 17.0 Å². The maximum absolute atomic E-state index is 13.2. The Kier molecular flexibility index (Phi) is 3.06. The predicted octanol–water partition coefficient (Wildman–Crippen LogP) is -0.0162. The van der Waals surface area contributed by atoms with Gasteiger partial charge >= 0.3 is 5.97 Å². The van der Waals surface area contributed by atoms with Crippen LogP contribution in [0.1, 0.15) is 20.7 Å². The minimum absolute atomic E-state index is 0.109. The Hall–Kier alpha value is -1.80. The Morgan fingerprint density at radius 1 is 1.44 bits per heavy atom. The first-order valence-electron chi connectivity index (χ1n) is 3.82. The lowest BCUT2D eigenvalue weighted by atomic mass is 10.1. The summed E-state index contributed by atoms with van der Waals surface area (Å²) < 4.78 is 34.9. The van der Waals surface area contributed by atoms with Crippen molar-refractivity contribution in [3.63, 3.8) is 0 Å². The van der Waals surface area contributed by atoms with Crippen molar-refractivity contribution < 1.29 is 27.5 Å². The maximum Gasteiger partial charge on any atom is 0.336 e. The Morgan fingerprint density at radius 3 is 2.38 bits per heavy atom. The number of sulfonamides is 1. The van der Waals surface area contributed by atoms with E-state index >= 15 is 0 Å². The highest BCUT2D eigenvalue weighted by Crippen LogP contribution is 2.18. The number of primary sulfonamides is 1. The number of carboxylic acid groups (broad SMARTS) is 1. The van der Waals surface area contributed by atoms with Crippen LogP contribution >= 0.6 is 0 Å². The minimum atomic E-state index is -4.34. The van der Waals surface area contributed by atoms with Crippen LogP contribution in [-0.4, -0.2) is 25.8 Å². The van der Waals surface area contributed by atoms with Crippen LogP contribution in [0.3, 0.4) is 0 Å². The fraction of sp³-hybridized carbons (Fsp3) is 0. The summed E-state index contributed by atoms with van der Waals surface area (Å²) in [6.07, 6.45) is 0.109. The van der Waals surface area contributed by atoms with Gasteiger partial charge in [-0.25, -0.2) is 22.7 Å². The van der Waals surface area contributed by atoms with Gasteiger partial charge < -0.3 is 5.11 Å². The highest BCUT2D eigenvalue weighted by molar-refractivity contribution is 7.89. The van der Waals surface area contributed by atoms with Crippen molar-refractivity contribution in [3.8, 4) is 0 Å². The molecule has 16 heavy (non-hydrogen) atoms. The summed E-state index contributed by atoms with van der Waals surface area (Å²) in [6, 6.07) is 1.02. The molecule has 0 aliphatic carbocycles. The minimum Gasteiger partial charge on any atom is -0.478 e. The summed E-state index contributed by atoms with van der Waals surface area (Å²) >= 11 is 0. The lowest BCUT2D eigenvalue weighted by Crippen LogP contribution is -2.16. The largest absolute Gasteiger partial charge is 0.478 e. The zero-order valence-corrected chi connectivity index (χ0v) is 8.49. The van der Waals surface area contributed by atoms with Crippen LogP contribution in [0.5, 0.6) is 0 Å². The van der Waals surface area contributed by atoms with E-state index in [1.165, 1.54) is 0 Å². The molecule has 0 unspecified atom stereocenters. The number of carboxylic acids is 1. The number of nitrogens with two attached hydrogens (primary N) is 1. The number of hydrogen-bond donors (Lipinski definition) is 2. The van der Waals surface area contributed by atoms with Crippen LogP contribution in [0, 0.1) is 5.82 Å². The fourth-order valence-electron chi connectivity index (χ4n) is 1.07. The van der Waals surface area contributed by atoms with Crippen molar-refractivity contribution in [1.29, 1.82) is 0 Å². The van der Waals surface area contributed by atoms with Crippen molar-refractivity contribution in [2.45, 2.75) is 4.90 Å². The van der Waals surface area contributed by atoms with Gasteiger partial charge in [-0.05, 0) is 12.1 Å². The van der Waals surface area contributed by atoms with Gasteiger partial charge in [0, 0.05) is 5.56 Å². The molecule has 0 radical (unpaired) electrons. The van der Waals surface area contributed by atoms with Gasteiger partial charge in [-0.3, -0.25) is 4.79 Å².